The molecule has 0 saturated carbocycles. The summed E-state index contributed by atoms with van der Waals surface area (Å²) in [5.74, 6) is 0. The standard InChI is InChI=1S/C36H74N2.C5H5N/c1-3-5-7-9-11-13-15-17-19-21-23-25-27-29-31-37-33-35-38(36-34-37)32-30-28-26-24-22-20-18-16-14-12-10-8-6-4-2;1-2-4-6-5-3-1/h3-36H2,1-2H3;1-5H. The Bertz CT molecular complexity index is 561. The van der Waals surface area contributed by atoms with E-state index in [1.807, 2.05) is 18.2 Å². The number of pyridine rings is 1. The van der Waals surface area contributed by atoms with Gasteiger partial charge in [0.2, 0.25) is 0 Å². The molecule has 0 spiro atoms. The number of hydrogen-bond donors (Lipinski definition) is 0. The van der Waals surface area contributed by atoms with Gasteiger partial charge in [0.15, 0.2) is 0 Å². The monoisotopic (exact) mass is 614 g/mol. The Hall–Kier alpha value is -0.930. The first kappa shape index (κ1) is 41.1. The fourth-order valence-corrected chi connectivity index (χ4v) is 6.61. The third kappa shape index (κ3) is 29.8. The van der Waals surface area contributed by atoms with Crippen LogP contribution in [-0.2, 0) is 0 Å². The van der Waals surface area contributed by atoms with E-state index in [1.54, 1.807) is 12.4 Å². The van der Waals surface area contributed by atoms with Crippen molar-refractivity contribution in [3.8, 4) is 0 Å². The number of rotatable bonds is 30. The van der Waals surface area contributed by atoms with Crippen molar-refractivity contribution in [1.29, 1.82) is 0 Å². The molecule has 0 radical (unpaired) electrons. The molecule has 44 heavy (non-hydrogen) atoms. The second kappa shape index (κ2) is 34.9. The molecule has 0 N–H and O–H groups in total. The van der Waals surface area contributed by atoms with Crippen LogP contribution >= 0.6 is 0 Å². The van der Waals surface area contributed by atoms with Crippen LogP contribution in [0.25, 0.3) is 0 Å². The minimum absolute atomic E-state index is 1.32. The van der Waals surface area contributed by atoms with Crippen LogP contribution in [-0.4, -0.2) is 54.1 Å². The van der Waals surface area contributed by atoms with Crippen molar-refractivity contribution in [2.24, 2.45) is 0 Å². The lowest BCUT2D eigenvalue weighted by Crippen LogP contribution is -2.46. The van der Waals surface area contributed by atoms with Gasteiger partial charge in [-0.2, -0.15) is 0 Å². The van der Waals surface area contributed by atoms with Gasteiger partial charge in [0.25, 0.3) is 0 Å². The molecule has 0 aliphatic carbocycles. The molecule has 1 fully saturated rings. The summed E-state index contributed by atoms with van der Waals surface area (Å²) < 4.78 is 0. The van der Waals surface area contributed by atoms with Gasteiger partial charge in [0.1, 0.15) is 0 Å². The lowest BCUT2D eigenvalue weighted by molar-refractivity contribution is 0.129. The topological polar surface area (TPSA) is 19.4 Å². The van der Waals surface area contributed by atoms with E-state index in [-0.39, 0.29) is 0 Å². The van der Waals surface area contributed by atoms with E-state index in [0.717, 1.165) is 0 Å². The molecule has 0 atom stereocenters. The summed E-state index contributed by atoms with van der Waals surface area (Å²) in [7, 11) is 0. The molecular weight excluding hydrogens is 534 g/mol. The Labute approximate surface area is 277 Å². The third-order valence-corrected chi connectivity index (χ3v) is 9.69. The predicted octanol–water partition coefficient (Wildman–Crippen LogP) is 12.6. The van der Waals surface area contributed by atoms with Crippen molar-refractivity contribution in [1.82, 2.24) is 14.8 Å². The summed E-state index contributed by atoms with van der Waals surface area (Å²) in [5, 5.41) is 0. The Morgan fingerprint density at radius 3 is 0.795 bits per heavy atom. The predicted molar refractivity (Wildman–Crippen MR) is 198 cm³/mol. The van der Waals surface area contributed by atoms with E-state index in [0.29, 0.717) is 0 Å². The fraction of sp³-hybridized carbons (Fsp3) is 0.878. The number of aromatic nitrogens is 1. The first-order valence-corrected chi connectivity index (χ1v) is 20.2. The molecule has 1 saturated heterocycles. The molecule has 258 valence electrons. The largest absolute Gasteiger partial charge is 0.301 e. The van der Waals surface area contributed by atoms with Crippen molar-refractivity contribution in [3.63, 3.8) is 0 Å². The maximum absolute atomic E-state index is 3.78. The van der Waals surface area contributed by atoms with Crippen molar-refractivity contribution in [3.05, 3.63) is 30.6 Å². The molecular formula is C41H79N3. The minimum atomic E-state index is 1.32. The second-order valence-corrected chi connectivity index (χ2v) is 13.9. The van der Waals surface area contributed by atoms with E-state index in [1.165, 1.54) is 219 Å². The van der Waals surface area contributed by atoms with Crippen LogP contribution in [0.2, 0.25) is 0 Å². The highest BCUT2D eigenvalue weighted by Gasteiger charge is 2.15. The highest BCUT2D eigenvalue weighted by molar-refractivity contribution is 4.88. The van der Waals surface area contributed by atoms with Gasteiger partial charge in [0, 0.05) is 38.6 Å². The average molecular weight is 614 g/mol. The maximum Gasteiger partial charge on any atom is 0.0267 e. The van der Waals surface area contributed by atoms with Crippen LogP contribution in [0.1, 0.15) is 194 Å². The van der Waals surface area contributed by atoms with Gasteiger partial charge >= 0.3 is 0 Å². The van der Waals surface area contributed by atoms with E-state index < -0.39 is 0 Å². The molecule has 1 aromatic rings. The number of unbranched alkanes of at least 4 members (excludes halogenated alkanes) is 26. The number of hydrogen-bond acceptors (Lipinski definition) is 3. The van der Waals surface area contributed by atoms with Gasteiger partial charge in [-0.15, -0.1) is 0 Å². The Kier molecular flexibility index (Phi) is 32.6. The first-order chi connectivity index (χ1) is 21.9. The minimum Gasteiger partial charge on any atom is -0.301 e. The van der Waals surface area contributed by atoms with E-state index in [9.17, 15) is 0 Å². The van der Waals surface area contributed by atoms with Crippen LogP contribution in [0.4, 0.5) is 0 Å². The van der Waals surface area contributed by atoms with Crippen molar-refractivity contribution in [2.75, 3.05) is 39.3 Å². The fourth-order valence-electron chi connectivity index (χ4n) is 6.61. The summed E-state index contributed by atoms with van der Waals surface area (Å²) in [5.41, 5.74) is 0. The third-order valence-electron chi connectivity index (χ3n) is 9.69. The van der Waals surface area contributed by atoms with Crippen LogP contribution in [0.15, 0.2) is 30.6 Å². The average Bonchev–Trinajstić information content (AvgIpc) is 3.07. The van der Waals surface area contributed by atoms with Crippen LogP contribution in [0, 0.1) is 0 Å². The number of nitrogens with zero attached hydrogens (tertiary/aromatic N) is 3. The Morgan fingerprint density at radius 2 is 0.591 bits per heavy atom. The number of piperazine rings is 1. The van der Waals surface area contributed by atoms with Gasteiger partial charge in [-0.25, -0.2) is 0 Å². The van der Waals surface area contributed by atoms with Gasteiger partial charge in [-0.05, 0) is 38.1 Å². The lowest BCUT2D eigenvalue weighted by Gasteiger charge is -2.34. The van der Waals surface area contributed by atoms with Crippen molar-refractivity contribution < 1.29 is 0 Å². The molecule has 0 amide bonds. The zero-order valence-electron chi connectivity index (χ0n) is 30.3. The molecule has 0 bridgehead atoms. The quantitative estimate of drug-likeness (QED) is 0.0805. The second-order valence-electron chi connectivity index (χ2n) is 13.9. The van der Waals surface area contributed by atoms with Gasteiger partial charge in [-0.1, -0.05) is 187 Å². The molecule has 1 aliphatic rings. The van der Waals surface area contributed by atoms with Gasteiger partial charge in [0.05, 0.1) is 0 Å². The summed E-state index contributed by atoms with van der Waals surface area (Å²) in [6.07, 6.45) is 44.4. The molecule has 3 nitrogen and oxygen atoms in total. The normalized spacial score (nSPS) is 14.0. The van der Waals surface area contributed by atoms with E-state index >= 15 is 0 Å². The summed E-state index contributed by atoms with van der Waals surface area (Å²) in [4.78, 5) is 9.26. The highest BCUT2D eigenvalue weighted by Crippen LogP contribution is 2.15. The van der Waals surface area contributed by atoms with Gasteiger partial charge in [-0.3, -0.25) is 4.98 Å². The molecule has 3 heteroatoms. The smallest absolute Gasteiger partial charge is 0.0267 e. The lowest BCUT2D eigenvalue weighted by atomic mass is 10.0. The summed E-state index contributed by atoms with van der Waals surface area (Å²) in [6, 6.07) is 5.72. The Balaban J connectivity index is 0.00000143. The zero-order chi connectivity index (χ0) is 31.4. The first-order valence-electron chi connectivity index (χ1n) is 20.2. The molecule has 1 aromatic heterocycles. The van der Waals surface area contributed by atoms with Crippen LogP contribution in [0.3, 0.4) is 0 Å². The molecule has 1 aliphatic heterocycles. The SMILES string of the molecule is CCCCCCCCCCCCCCCCN1CCN(CCCCCCCCCCCCCCCC)CC1.c1ccncc1. The molecule has 0 unspecified atom stereocenters. The van der Waals surface area contributed by atoms with Crippen molar-refractivity contribution in [2.45, 2.75) is 194 Å². The Morgan fingerprint density at radius 1 is 0.341 bits per heavy atom. The van der Waals surface area contributed by atoms with E-state index in [2.05, 4.69) is 28.6 Å². The van der Waals surface area contributed by atoms with Crippen molar-refractivity contribution >= 4 is 0 Å². The summed E-state index contributed by atoms with van der Waals surface area (Å²) in [6.45, 7) is 12.6. The highest BCUT2D eigenvalue weighted by atomic mass is 15.3. The summed E-state index contributed by atoms with van der Waals surface area (Å²) >= 11 is 0. The van der Waals surface area contributed by atoms with Gasteiger partial charge < -0.3 is 9.80 Å². The van der Waals surface area contributed by atoms with E-state index in [4.69, 9.17) is 0 Å². The zero-order valence-corrected chi connectivity index (χ0v) is 30.3. The maximum atomic E-state index is 3.78. The molecule has 2 rings (SSSR count). The molecule has 0 aromatic carbocycles. The molecule has 2 heterocycles. The van der Waals surface area contributed by atoms with Crippen LogP contribution < -0.4 is 0 Å². The van der Waals surface area contributed by atoms with Crippen LogP contribution in [0.5, 0.6) is 0 Å².